The number of imidazole rings is 1. The smallest absolute Gasteiger partial charge is 0.126 e. The van der Waals surface area contributed by atoms with Crippen LogP contribution < -0.4 is 5.32 Å². The van der Waals surface area contributed by atoms with E-state index in [1.165, 1.54) is 11.6 Å². The van der Waals surface area contributed by atoms with E-state index >= 15 is 0 Å². The van der Waals surface area contributed by atoms with Crippen LogP contribution in [0.5, 0.6) is 0 Å². The van der Waals surface area contributed by atoms with E-state index in [1.807, 2.05) is 47.0 Å². The molecule has 3 aromatic carbocycles. The largest absolute Gasteiger partial charge is 0.366 e. The number of anilines is 1. The number of pyridine rings is 1. The second kappa shape index (κ2) is 8.81. The zero-order chi connectivity index (χ0) is 21.9. The summed E-state index contributed by atoms with van der Waals surface area (Å²) in [6.07, 6.45) is 3.44. The SMILES string of the molecule is Fc1cccc(Cn2cnc3ccc(-c4cc(NCc5ccccc5)ncc4Cl)cc32)c1. The van der Waals surface area contributed by atoms with Crippen LogP contribution in [0.2, 0.25) is 5.02 Å². The van der Waals surface area contributed by atoms with Gasteiger partial charge in [-0.3, -0.25) is 0 Å². The van der Waals surface area contributed by atoms with Crippen molar-refractivity contribution in [2.24, 2.45) is 0 Å². The predicted octanol–water partition coefficient (Wildman–Crippen LogP) is 6.55. The number of halogens is 2. The van der Waals surface area contributed by atoms with E-state index in [2.05, 4.69) is 33.5 Å². The van der Waals surface area contributed by atoms with E-state index in [0.29, 0.717) is 18.1 Å². The Morgan fingerprint density at radius 1 is 0.875 bits per heavy atom. The minimum absolute atomic E-state index is 0.244. The summed E-state index contributed by atoms with van der Waals surface area (Å²) in [7, 11) is 0. The molecular weight excluding hydrogens is 423 g/mol. The van der Waals surface area contributed by atoms with Crippen molar-refractivity contribution in [3.05, 3.63) is 113 Å². The maximum absolute atomic E-state index is 13.6. The molecule has 2 aromatic heterocycles. The summed E-state index contributed by atoms with van der Waals surface area (Å²) in [4.78, 5) is 8.90. The van der Waals surface area contributed by atoms with Crippen LogP contribution in [0, 0.1) is 5.82 Å². The van der Waals surface area contributed by atoms with Gasteiger partial charge in [0.1, 0.15) is 11.6 Å². The molecule has 0 saturated carbocycles. The molecule has 0 aliphatic carbocycles. The van der Waals surface area contributed by atoms with Gasteiger partial charge in [-0.15, -0.1) is 0 Å². The molecule has 5 rings (SSSR count). The Hall–Kier alpha value is -3.70. The third-order valence-electron chi connectivity index (χ3n) is 5.35. The lowest BCUT2D eigenvalue weighted by atomic mass is 10.1. The molecule has 0 bridgehead atoms. The highest BCUT2D eigenvalue weighted by molar-refractivity contribution is 6.33. The van der Waals surface area contributed by atoms with Gasteiger partial charge in [-0.1, -0.05) is 60.1 Å². The highest BCUT2D eigenvalue weighted by Crippen LogP contribution is 2.31. The summed E-state index contributed by atoms with van der Waals surface area (Å²) in [5.41, 5.74) is 5.74. The zero-order valence-electron chi connectivity index (χ0n) is 17.2. The Labute approximate surface area is 190 Å². The summed E-state index contributed by atoms with van der Waals surface area (Å²) >= 11 is 6.51. The van der Waals surface area contributed by atoms with Gasteiger partial charge in [-0.05, 0) is 47.0 Å². The number of hydrogen-bond acceptors (Lipinski definition) is 3. The van der Waals surface area contributed by atoms with E-state index in [4.69, 9.17) is 11.6 Å². The van der Waals surface area contributed by atoms with Crippen molar-refractivity contribution in [1.29, 1.82) is 0 Å². The summed E-state index contributed by atoms with van der Waals surface area (Å²) in [5, 5.41) is 3.93. The van der Waals surface area contributed by atoms with E-state index in [-0.39, 0.29) is 5.82 Å². The highest BCUT2D eigenvalue weighted by atomic mass is 35.5. The van der Waals surface area contributed by atoms with E-state index in [1.54, 1.807) is 24.7 Å². The summed E-state index contributed by atoms with van der Waals surface area (Å²) < 4.78 is 15.6. The molecule has 0 unspecified atom stereocenters. The molecular formula is C26H20ClFN4. The number of nitrogens with zero attached hydrogens (tertiary/aromatic N) is 3. The molecule has 0 radical (unpaired) electrons. The third-order valence-corrected chi connectivity index (χ3v) is 5.65. The van der Waals surface area contributed by atoms with Crippen LogP contribution in [0.4, 0.5) is 10.2 Å². The lowest BCUT2D eigenvalue weighted by Gasteiger charge is -2.11. The predicted molar refractivity (Wildman–Crippen MR) is 127 cm³/mol. The van der Waals surface area contributed by atoms with Crippen molar-refractivity contribution < 1.29 is 4.39 Å². The van der Waals surface area contributed by atoms with Crippen molar-refractivity contribution in [3.63, 3.8) is 0 Å². The first-order chi connectivity index (χ1) is 15.7. The monoisotopic (exact) mass is 442 g/mol. The quantitative estimate of drug-likeness (QED) is 0.324. The molecule has 158 valence electrons. The first-order valence-electron chi connectivity index (χ1n) is 10.3. The van der Waals surface area contributed by atoms with Crippen molar-refractivity contribution >= 4 is 28.5 Å². The van der Waals surface area contributed by atoms with Gasteiger partial charge in [0.25, 0.3) is 0 Å². The van der Waals surface area contributed by atoms with Crippen molar-refractivity contribution in [1.82, 2.24) is 14.5 Å². The standard InChI is InChI=1S/C26H20ClFN4/c27-23-15-30-26(29-14-18-5-2-1-3-6-18)13-22(23)20-9-10-24-25(12-20)32(17-31-24)16-19-7-4-8-21(28)11-19/h1-13,15,17H,14,16H2,(H,29,30). The Balaban J connectivity index is 1.45. The molecule has 0 aliphatic heterocycles. The number of rotatable bonds is 6. The molecule has 0 amide bonds. The second-order valence-electron chi connectivity index (χ2n) is 7.59. The van der Waals surface area contributed by atoms with Gasteiger partial charge in [0.2, 0.25) is 0 Å². The van der Waals surface area contributed by atoms with Gasteiger partial charge < -0.3 is 9.88 Å². The van der Waals surface area contributed by atoms with Crippen LogP contribution in [0.3, 0.4) is 0 Å². The highest BCUT2D eigenvalue weighted by Gasteiger charge is 2.10. The fourth-order valence-electron chi connectivity index (χ4n) is 3.73. The number of fused-ring (bicyclic) bond motifs is 1. The van der Waals surface area contributed by atoms with Gasteiger partial charge in [0.15, 0.2) is 0 Å². The third kappa shape index (κ3) is 4.34. The Kier molecular flexibility index (Phi) is 5.57. The van der Waals surface area contributed by atoms with E-state index in [0.717, 1.165) is 33.5 Å². The molecule has 0 aliphatic rings. The molecule has 6 heteroatoms. The van der Waals surface area contributed by atoms with Crippen LogP contribution in [0.1, 0.15) is 11.1 Å². The first kappa shape index (κ1) is 20.2. The molecule has 4 nitrogen and oxygen atoms in total. The van der Waals surface area contributed by atoms with Crippen LogP contribution in [-0.2, 0) is 13.1 Å². The van der Waals surface area contributed by atoms with Crippen LogP contribution in [0.25, 0.3) is 22.2 Å². The van der Waals surface area contributed by atoms with Crippen molar-refractivity contribution in [2.45, 2.75) is 13.1 Å². The average Bonchev–Trinajstić information content (AvgIpc) is 3.21. The molecule has 1 N–H and O–H groups in total. The fraction of sp³-hybridized carbons (Fsp3) is 0.0769. The van der Waals surface area contributed by atoms with Gasteiger partial charge in [0.05, 0.1) is 22.4 Å². The molecule has 0 saturated heterocycles. The molecule has 5 aromatic rings. The first-order valence-corrected chi connectivity index (χ1v) is 10.7. The summed E-state index contributed by atoms with van der Waals surface area (Å²) in [6, 6.07) is 24.8. The van der Waals surface area contributed by atoms with Crippen LogP contribution in [-0.4, -0.2) is 14.5 Å². The lowest BCUT2D eigenvalue weighted by molar-refractivity contribution is 0.624. The van der Waals surface area contributed by atoms with Crippen LogP contribution >= 0.6 is 11.6 Å². The Morgan fingerprint density at radius 3 is 2.56 bits per heavy atom. The maximum atomic E-state index is 13.6. The number of aromatic nitrogens is 3. The average molecular weight is 443 g/mol. The number of nitrogens with one attached hydrogen (secondary N) is 1. The fourth-order valence-corrected chi connectivity index (χ4v) is 3.94. The number of benzene rings is 3. The minimum Gasteiger partial charge on any atom is -0.366 e. The normalized spacial score (nSPS) is 11.1. The van der Waals surface area contributed by atoms with Crippen molar-refractivity contribution in [3.8, 4) is 11.1 Å². The summed E-state index contributed by atoms with van der Waals surface area (Å²) in [6.45, 7) is 1.21. The maximum Gasteiger partial charge on any atom is 0.126 e. The lowest BCUT2D eigenvalue weighted by Crippen LogP contribution is -2.01. The summed E-state index contributed by atoms with van der Waals surface area (Å²) in [5.74, 6) is 0.508. The van der Waals surface area contributed by atoms with Gasteiger partial charge in [-0.25, -0.2) is 14.4 Å². The number of hydrogen-bond donors (Lipinski definition) is 1. The topological polar surface area (TPSA) is 42.7 Å². The Morgan fingerprint density at radius 2 is 1.72 bits per heavy atom. The van der Waals surface area contributed by atoms with Gasteiger partial charge in [-0.2, -0.15) is 0 Å². The van der Waals surface area contributed by atoms with Gasteiger partial charge >= 0.3 is 0 Å². The molecule has 0 fully saturated rings. The molecule has 0 spiro atoms. The second-order valence-corrected chi connectivity index (χ2v) is 8.00. The molecule has 2 heterocycles. The minimum atomic E-state index is -0.244. The van der Waals surface area contributed by atoms with Gasteiger partial charge in [0, 0.05) is 24.8 Å². The van der Waals surface area contributed by atoms with Crippen LogP contribution in [0.15, 0.2) is 91.4 Å². The van der Waals surface area contributed by atoms with E-state index < -0.39 is 0 Å². The Bertz CT molecular complexity index is 1380. The zero-order valence-corrected chi connectivity index (χ0v) is 17.9. The molecule has 0 atom stereocenters. The van der Waals surface area contributed by atoms with Crippen molar-refractivity contribution in [2.75, 3.05) is 5.32 Å². The van der Waals surface area contributed by atoms with E-state index in [9.17, 15) is 4.39 Å². The molecule has 32 heavy (non-hydrogen) atoms.